The van der Waals surface area contributed by atoms with Crippen LogP contribution < -0.4 is 0 Å². The molecule has 0 saturated carbocycles. The van der Waals surface area contributed by atoms with Crippen LogP contribution in [-0.2, 0) is 11.2 Å². The highest BCUT2D eigenvalue weighted by molar-refractivity contribution is 6.35. The molecule has 0 N–H and O–H groups in total. The van der Waals surface area contributed by atoms with Crippen LogP contribution in [0.2, 0.25) is 10.2 Å². The number of nitrogens with zero attached hydrogens (tertiary/aromatic N) is 1. The smallest absolute Gasteiger partial charge is 0.135 e. The van der Waals surface area contributed by atoms with Crippen LogP contribution in [0.5, 0.6) is 0 Å². The van der Waals surface area contributed by atoms with Crippen LogP contribution in [-0.4, -0.2) is 10.8 Å². The number of hydrogen-bond acceptors (Lipinski definition) is 2. The Hall–Kier alpha value is -1.52. The van der Waals surface area contributed by atoms with Gasteiger partial charge in [-0.3, -0.25) is 4.79 Å². The van der Waals surface area contributed by atoms with E-state index in [1.807, 2.05) is 0 Å². The highest BCUT2D eigenvalue weighted by Gasteiger charge is 2.19. The van der Waals surface area contributed by atoms with Gasteiger partial charge in [-0.15, -0.1) is 0 Å². The number of rotatable bonds is 5. The molecule has 6 heteroatoms. The molecule has 0 aliphatic rings. The molecule has 2 aromatic rings. The third-order valence-corrected chi connectivity index (χ3v) is 4.16. The van der Waals surface area contributed by atoms with E-state index in [2.05, 4.69) is 4.98 Å². The molecule has 0 saturated heterocycles. The predicted molar refractivity (Wildman–Crippen MR) is 87.8 cm³/mol. The number of carbonyl (C=O) groups excluding carboxylic acids is 1. The first kappa shape index (κ1) is 17.8. The van der Waals surface area contributed by atoms with Crippen LogP contribution in [0.3, 0.4) is 0 Å². The van der Waals surface area contributed by atoms with Gasteiger partial charge in [0.25, 0.3) is 0 Å². The highest BCUT2D eigenvalue weighted by Crippen LogP contribution is 2.36. The number of halogens is 4. The fourth-order valence-electron chi connectivity index (χ4n) is 2.25. The van der Waals surface area contributed by atoms with Crippen molar-refractivity contribution in [2.45, 2.75) is 26.7 Å². The molecule has 23 heavy (non-hydrogen) atoms. The lowest BCUT2D eigenvalue weighted by Gasteiger charge is -2.14. The van der Waals surface area contributed by atoms with Gasteiger partial charge in [0.1, 0.15) is 22.6 Å². The summed E-state index contributed by atoms with van der Waals surface area (Å²) in [6.07, 6.45) is 1.85. The molecule has 0 amide bonds. The molecule has 0 unspecified atom stereocenters. The fourth-order valence-corrected chi connectivity index (χ4v) is 2.75. The third-order valence-electron chi connectivity index (χ3n) is 3.55. The molecular weight excluding hydrogens is 343 g/mol. The van der Waals surface area contributed by atoms with Crippen LogP contribution in [0.4, 0.5) is 8.78 Å². The van der Waals surface area contributed by atoms with Gasteiger partial charge in [0.15, 0.2) is 0 Å². The molecule has 1 aromatic heterocycles. The van der Waals surface area contributed by atoms with Gasteiger partial charge in [-0.2, -0.15) is 0 Å². The minimum atomic E-state index is -0.745. The van der Waals surface area contributed by atoms with Gasteiger partial charge in [0, 0.05) is 35.7 Å². The zero-order valence-corrected chi connectivity index (χ0v) is 14.2. The Morgan fingerprint density at radius 3 is 2.57 bits per heavy atom. The molecule has 0 aliphatic heterocycles. The predicted octanol–water partition coefficient (Wildman–Crippen LogP) is 5.49. The number of benzene rings is 1. The molecule has 0 radical (unpaired) electrons. The maximum Gasteiger partial charge on any atom is 0.135 e. The average molecular weight is 358 g/mol. The van der Waals surface area contributed by atoms with Gasteiger partial charge in [0.2, 0.25) is 0 Å². The molecule has 0 aliphatic carbocycles. The molecule has 0 spiro atoms. The summed E-state index contributed by atoms with van der Waals surface area (Å²) < 4.78 is 27.3. The second kappa shape index (κ2) is 7.37. The van der Waals surface area contributed by atoms with E-state index in [0.717, 1.165) is 12.1 Å². The van der Waals surface area contributed by atoms with Crippen molar-refractivity contribution in [3.05, 3.63) is 51.8 Å². The largest absolute Gasteiger partial charge is 0.299 e. The molecule has 122 valence electrons. The summed E-state index contributed by atoms with van der Waals surface area (Å²) >= 11 is 12.3. The summed E-state index contributed by atoms with van der Waals surface area (Å²) in [6, 6.07) is 3.23. The summed E-state index contributed by atoms with van der Waals surface area (Å²) in [5.41, 5.74) is 0.965. The number of ketones is 1. The fraction of sp³-hybridized carbons (Fsp3) is 0.294. The zero-order chi connectivity index (χ0) is 17.1. The molecule has 2 nitrogen and oxygen atoms in total. The lowest BCUT2D eigenvalue weighted by molar-refractivity contribution is -0.121. The first-order valence-electron chi connectivity index (χ1n) is 7.12. The number of Topliss-reactive ketones (excluding diaryl/α,β-unsaturated/α-hetero) is 1. The molecule has 0 fully saturated rings. The Kier molecular flexibility index (Phi) is 5.71. The van der Waals surface area contributed by atoms with Crippen LogP contribution in [0, 0.1) is 17.6 Å². The topological polar surface area (TPSA) is 30.0 Å². The lowest BCUT2D eigenvalue weighted by Crippen LogP contribution is -2.09. The third kappa shape index (κ3) is 4.06. The number of aromatic nitrogens is 1. The van der Waals surface area contributed by atoms with Gasteiger partial charge >= 0.3 is 0 Å². The van der Waals surface area contributed by atoms with Crippen molar-refractivity contribution >= 4 is 29.0 Å². The second-order valence-electron chi connectivity index (χ2n) is 5.50. The van der Waals surface area contributed by atoms with Gasteiger partial charge < -0.3 is 0 Å². The Labute approximate surface area is 143 Å². The quantitative estimate of drug-likeness (QED) is 0.662. The van der Waals surface area contributed by atoms with E-state index in [-0.39, 0.29) is 40.3 Å². The normalized spacial score (nSPS) is 11.1. The SMILES string of the molecule is CC(C)C(=O)CCc1c(Cl)ncc(Cl)c1-c1ccc(F)cc1F. The molecule has 0 bridgehead atoms. The molecule has 0 atom stereocenters. The van der Waals surface area contributed by atoms with Crippen LogP contribution in [0.1, 0.15) is 25.8 Å². The summed E-state index contributed by atoms with van der Waals surface area (Å²) in [5.74, 6) is -1.47. The van der Waals surface area contributed by atoms with Crippen molar-refractivity contribution in [1.82, 2.24) is 4.98 Å². The first-order chi connectivity index (χ1) is 10.8. The van der Waals surface area contributed by atoms with Crippen molar-refractivity contribution in [3.8, 4) is 11.1 Å². The molecule has 1 heterocycles. The molecule has 2 rings (SSSR count). The summed E-state index contributed by atoms with van der Waals surface area (Å²) in [4.78, 5) is 15.8. The minimum Gasteiger partial charge on any atom is -0.299 e. The lowest BCUT2D eigenvalue weighted by atomic mass is 9.95. The van der Waals surface area contributed by atoms with Gasteiger partial charge in [-0.1, -0.05) is 37.0 Å². The minimum absolute atomic E-state index is 0.0616. The zero-order valence-electron chi connectivity index (χ0n) is 12.7. The van der Waals surface area contributed by atoms with E-state index in [9.17, 15) is 13.6 Å². The van der Waals surface area contributed by atoms with Crippen LogP contribution >= 0.6 is 23.2 Å². The first-order valence-corrected chi connectivity index (χ1v) is 7.87. The number of pyridine rings is 1. The monoisotopic (exact) mass is 357 g/mol. The van der Waals surface area contributed by atoms with E-state index in [1.54, 1.807) is 13.8 Å². The average Bonchev–Trinajstić information content (AvgIpc) is 2.48. The van der Waals surface area contributed by atoms with Gasteiger partial charge in [-0.05, 0) is 24.1 Å². The van der Waals surface area contributed by atoms with Crippen molar-refractivity contribution in [1.29, 1.82) is 0 Å². The van der Waals surface area contributed by atoms with Crippen molar-refractivity contribution in [2.75, 3.05) is 0 Å². The summed E-state index contributed by atoms with van der Waals surface area (Å²) in [7, 11) is 0. The highest BCUT2D eigenvalue weighted by atomic mass is 35.5. The van der Waals surface area contributed by atoms with Crippen LogP contribution in [0.15, 0.2) is 24.4 Å². The number of hydrogen-bond donors (Lipinski definition) is 0. The van der Waals surface area contributed by atoms with Gasteiger partial charge in [-0.25, -0.2) is 13.8 Å². The van der Waals surface area contributed by atoms with E-state index in [1.165, 1.54) is 12.3 Å². The van der Waals surface area contributed by atoms with E-state index in [4.69, 9.17) is 23.2 Å². The maximum atomic E-state index is 14.1. The summed E-state index contributed by atoms with van der Waals surface area (Å²) in [5, 5.41) is 0.358. The summed E-state index contributed by atoms with van der Waals surface area (Å²) in [6.45, 7) is 3.61. The van der Waals surface area contributed by atoms with Crippen LogP contribution in [0.25, 0.3) is 11.1 Å². The van der Waals surface area contributed by atoms with Crippen molar-refractivity contribution < 1.29 is 13.6 Å². The Bertz CT molecular complexity index is 748. The Balaban J connectivity index is 2.50. The van der Waals surface area contributed by atoms with Crippen molar-refractivity contribution in [2.24, 2.45) is 5.92 Å². The maximum absolute atomic E-state index is 14.1. The van der Waals surface area contributed by atoms with Crippen molar-refractivity contribution in [3.63, 3.8) is 0 Å². The standard InChI is InChI=1S/C17H15Cl2F2NO/c1-9(2)15(23)6-5-12-16(13(18)8-22-17(12)19)11-4-3-10(20)7-14(11)21/h3-4,7-9H,5-6H2,1-2H3. The van der Waals surface area contributed by atoms with E-state index >= 15 is 0 Å². The number of carbonyl (C=O) groups is 1. The van der Waals surface area contributed by atoms with E-state index < -0.39 is 11.6 Å². The second-order valence-corrected chi connectivity index (χ2v) is 6.26. The Morgan fingerprint density at radius 1 is 1.26 bits per heavy atom. The molecule has 1 aromatic carbocycles. The van der Waals surface area contributed by atoms with E-state index in [0.29, 0.717) is 11.1 Å². The Morgan fingerprint density at radius 2 is 1.96 bits per heavy atom. The van der Waals surface area contributed by atoms with Gasteiger partial charge in [0.05, 0.1) is 5.02 Å². The molecular formula is C17H15Cl2F2NO.